The number of halogens is 2. The minimum absolute atomic E-state index is 0.0140. The smallest absolute Gasteiger partial charge is 0.341 e. The minimum atomic E-state index is -1.38. The zero-order valence-electron chi connectivity index (χ0n) is 15.9. The van der Waals surface area contributed by atoms with Gasteiger partial charge in [0.1, 0.15) is 5.56 Å². The number of hydrogen-bond acceptors (Lipinski definition) is 5. The van der Waals surface area contributed by atoms with Crippen LogP contribution in [0.3, 0.4) is 0 Å². The van der Waals surface area contributed by atoms with Crippen molar-refractivity contribution in [3.8, 4) is 10.4 Å². The predicted octanol–water partition coefficient (Wildman–Crippen LogP) is 4.47. The molecule has 0 radical (unpaired) electrons. The molecule has 156 valence electrons. The molecule has 30 heavy (non-hydrogen) atoms. The lowest BCUT2D eigenvalue weighted by atomic mass is 9.94. The fourth-order valence-electron chi connectivity index (χ4n) is 4.29. The molecular formula is C21H19ClFN3O3S. The summed E-state index contributed by atoms with van der Waals surface area (Å²) in [4.78, 5) is 26.1. The molecule has 1 atom stereocenters. The van der Waals surface area contributed by atoms with E-state index in [2.05, 4.69) is 0 Å². The maximum atomic E-state index is 15.9. The summed E-state index contributed by atoms with van der Waals surface area (Å²) in [5.41, 5.74) is 12.2. The van der Waals surface area contributed by atoms with Gasteiger partial charge in [-0.3, -0.25) is 4.79 Å². The number of aromatic carboxylic acids is 1. The van der Waals surface area contributed by atoms with E-state index in [1.54, 1.807) is 0 Å². The van der Waals surface area contributed by atoms with Gasteiger partial charge in [-0.2, -0.15) is 0 Å². The van der Waals surface area contributed by atoms with Crippen LogP contribution in [0.1, 0.15) is 58.6 Å². The van der Waals surface area contributed by atoms with Crippen molar-refractivity contribution in [2.24, 2.45) is 5.73 Å². The molecule has 0 saturated heterocycles. The van der Waals surface area contributed by atoms with E-state index in [1.807, 2.05) is 6.07 Å². The van der Waals surface area contributed by atoms with Crippen LogP contribution in [0.25, 0.3) is 21.3 Å². The Labute approximate surface area is 179 Å². The van der Waals surface area contributed by atoms with Crippen LogP contribution in [0.5, 0.6) is 0 Å². The summed E-state index contributed by atoms with van der Waals surface area (Å²) in [6.07, 6.45) is 5.50. The topological polar surface area (TPSA) is 111 Å². The average molecular weight is 448 g/mol. The van der Waals surface area contributed by atoms with Crippen LogP contribution in [-0.2, 0) is 6.42 Å². The van der Waals surface area contributed by atoms with Gasteiger partial charge in [0, 0.05) is 28.0 Å². The maximum absolute atomic E-state index is 15.9. The van der Waals surface area contributed by atoms with Gasteiger partial charge in [-0.1, -0.05) is 11.6 Å². The van der Waals surface area contributed by atoms with Crippen LogP contribution < -0.4 is 16.9 Å². The lowest BCUT2D eigenvalue weighted by Crippen LogP contribution is -2.21. The number of benzene rings is 1. The molecule has 1 saturated carbocycles. The Hall–Kier alpha value is -2.42. The zero-order chi connectivity index (χ0) is 21.3. The summed E-state index contributed by atoms with van der Waals surface area (Å²) >= 11 is 7.92. The molecule has 3 aromatic rings. The van der Waals surface area contributed by atoms with Gasteiger partial charge < -0.3 is 21.1 Å². The first-order chi connectivity index (χ1) is 14.3. The maximum Gasteiger partial charge on any atom is 0.341 e. The van der Waals surface area contributed by atoms with Gasteiger partial charge in [-0.15, -0.1) is 11.3 Å². The average Bonchev–Trinajstić information content (AvgIpc) is 3.45. The molecule has 0 spiro atoms. The van der Waals surface area contributed by atoms with E-state index in [0.29, 0.717) is 4.88 Å². The molecule has 2 aliphatic rings. The number of pyridine rings is 1. The van der Waals surface area contributed by atoms with Crippen LogP contribution in [0.2, 0.25) is 5.02 Å². The number of carboxylic acids is 1. The number of fused-ring (bicyclic) bond motifs is 2. The number of rotatable bonds is 3. The molecule has 2 aliphatic carbocycles. The molecule has 5 N–H and O–H groups in total. The van der Waals surface area contributed by atoms with E-state index in [0.717, 1.165) is 42.5 Å². The van der Waals surface area contributed by atoms with Crippen molar-refractivity contribution in [1.29, 1.82) is 0 Å². The highest BCUT2D eigenvalue weighted by Gasteiger charge is 2.32. The number of nitrogens with two attached hydrogens (primary N) is 2. The van der Waals surface area contributed by atoms with Crippen molar-refractivity contribution in [3.05, 3.63) is 49.3 Å². The Bertz CT molecular complexity index is 1300. The molecule has 6 nitrogen and oxygen atoms in total. The van der Waals surface area contributed by atoms with Gasteiger partial charge in [-0.25, -0.2) is 9.18 Å². The summed E-state index contributed by atoms with van der Waals surface area (Å²) in [6.45, 7) is 0. The van der Waals surface area contributed by atoms with Gasteiger partial charge in [0.05, 0.1) is 27.2 Å². The van der Waals surface area contributed by atoms with Crippen LogP contribution in [0, 0.1) is 5.82 Å². The second-order valence-corrected chi connectivity index (χ2v) is 9.46. The Morgan fingerprint density at radius 3 is 2.70 bits per heavy atom. The van der Waals surface area contributed by atoms with Crippen molar-refractivity contribution in [1.82, 2.24) is 4.57 Å². The number of nitrogen functional groups attached to an aromatic ring is 1. The fourth-order valence-corrected chi connectivity index (χ4v) is 5.94. The highest BCUT2D eigenvalue weighted by molar-refractivity contribution is 7.15. The second kappa shape index (κ2) is 6.80. The van der Waals surface area contributed by atoms with Crippen LogP contribution in [0.15, 0.2) is 17.1 Å². The van der Waals surface area contributed by atoms with Crippen molar-refractivity contribution in [2.75, 3.05) is 5.73 Å². The van der Waals surface area contributed by atoms with Crippen LogP contribution in [-0.4, -0.2) is 15.6 Å². The number of carboxylic acid groups (broad SMARTS) is 1. The van der Waals surface area contributed by atoms with Crippen molar-refractivity contribution >= 4 is 45.5 Å². The normalized spacial score (nSPS) is 18.6. The third kappa shape index (κ3) is 2.78. The first-order valence-corrected chi connectivity index (χ1v) is 11.0. The lowest BCUT2D eigenvalue weighted by molar-refractivity contribution is 0.0695. The molecule has 2 aromatic heterocycles. The third-order valence-electron chi connectivity index (χ3n) is 5.96. The third-order valence-corrected chi connectivity index (χ3v) is 7.59. The van der Waals surface area contributed by atoms with E-state index < -0.39 is 22.8 Å². The molecule has 1 aromatic carbocycles. The molecule has 5 rings (SSSR count). The van der Waals surface area contributed by atoms with E-state index in [9.17, 15) is 14.7 Å². The van der Waals surface area contributed by atoms with Gasteiger partial charge >= 0.3 is 5.97 Å². The molecule has 1 fully saturated rings. The molecule has 9 heteroatoms. The molecule has 2 heterocycles. The predicted molar refractivity (Wildman–Crippen MR) is 116 cm³/mol. The van der Waals surface area contributed by atoms with Gasteiger partial charge in [0.15, 0.2) is 5.82 Å². The van der Waals surface area contributed by atoms with Gasteiger partial charge in [0.25, 0.3) is 0 Å². The van der Waals surface area contributed by atoms with Crippen molar-refractivity contribution in [3.63, 3.8) is 0 Å². The molecule has 0 amide bonds. The number of nitrogens with zero attached hydrogens (tertiary/aromatic N) is 1. The molecule has 0 bridgehead atoms. The van der Waals surface area contributed by atoms with Crippen molar-refractivity contribution < 1.29 is 14.3 Å². The minimum Gasteiger partial charge on any atom is -0.477 e. The van der Waals surface area contributed by atoms with Crippen LogP contribution >= 0.6 is 22.9 Å². The van der Waals surface area contributed by atoms with E-state index in [4.69, 9.17) is 23.1 Å². The van der Waals surface area contributed by atoms with Crippen LogP contribution in [0.4, 0.5) is 10.1 Å². The summed E-state index contributed by atoms with van der Waals surface area (Å²) in [6, 6.07) is 1.70. The number of aromatic nitrogens is 1. The number of thiophene rings is 1. The Kier molecular flexibility index (Phi) is 4.43. The van der Waals surface area contributed by atoms with E-state index in [-0.39, 0.29) is 39.3 Å². The number of carbonyl (C=O) groups is 1. The number of hydrogen-bond donors (Lipinski definition) is 3. The lowest BCUT2D eigenvalue weighted by Gasteiger charge is -2.17. The van der Waals surface area contributed by atoms with Crippen molar-refractivity contribution in [2.45, 2.75) is 44.2 Å². The number of anilines is 1. The Morgan fingerprint density at radius 2 is 2.07 bits per heavy atom. The monoisotopic (exact) mass is 447 g/mol. The largest absolute Gasteiger partial charge is 0.477 e. The first-order valence-electron chi connectivity index (χ1n) is 9.76. The quantitative estimate of drug-likeness (QED) is 0.513. The highest BCUT2D eigenvalue weighted by atomic mass is 35.5. The van der Waals surface area contributed by atoms with E-state index >= 15 is 4.39 Å². The van der Waals surface area contributed by atoms with E-state index in [1.165, 1.54) is 22.1 Å². The summed E-state index contributed by atoms with van der Waals surface area (Å²) in [5.74, 6) is -2.03. The fraction of sp³-hybridized carbons (Fsp3) is 0.333. The molecule has 0 aliphatic heterocycles. The molecule has 1 unspecified atom stereocenters. The highest BCUT2D eigenvalue weighted by Crippen LogP contribution is 2.47. The van der Waals surface area contributed by atoms with Gasteiger partial charge in [-0.05, 0) is 43.7 Å². The summed E-state index contributed by atoms with van der Waals surface area (Å²) < 4.78 is 17.5. The molecular weight excluding hydrogens is 429 g/mol. The zero-order valence-corrected chi connectivity index (χ0v) is 17.4. The Morgan fingerprint density at radius 1 is 1.33 bits per heavy atom. The summed E-state index contributed by atoms with van der Waals surface area (Å²) in [5, 5.41) is 9.19. The van der Waals surface area contributed by atoms with Gasteiger partial charge in [0.2, 0.25) is 5.43 Å². The SMILES string of the molecule is Nc1c(Cl)c(-c2cc3c(s2)CCCC3N)c(F)c2c1c(=O)c(C(=O)O)cn2C1CC1. The number of aryl methyl sites for hydroxylation is 1. The second-order valence-electron chi connectivity index (χ2n) is 7.94. The Balaban J connectivity index is 1.86. The standard InChI is InChI=1S/C21H19ClFN3O3S/c22-16-14(13-6-9-11(24)2-1-3-12(9)30-13)17(23)19-15(18(16)25)20(27)10(21(28)29)7-26(19)8-4-5-8/h6-8,11H,1-5,24-25H2,(H,28,29). The first kappa shape index (κ1) is 19.5. The summed E-state index contributed by atoms with van der Waals surface area (Å²) in [7, 11) is 0.